The van der Waals surface area contributed by atoms with E-state index in [1.54, 1.807) is 0 Å². The monoisotopic (exact) mass is 435 g/mol. The smallest absolute Gasteiger partial charge is 0.475 e. The van der Waals surface area contributed by atoms with Gasteiger partial charge in [0.2, 0.25) is 0 Å². The molecule has 166 valence electrons. The van der Waals surface area contributed by atoms with Crippen molar-refractivity contribution in [3.05, 3.63) is 65.2 Å². The van der Waals surface area contributed by atoms with Gasteiger partial charge in [-0.1, -0.05) is 18.2 Å². The summed E-state index contributed by atoms with van der Waals surface area (Å²) in [6, 6.07) is 12.8. The van der Waals surface area contributed by atoms with Gasteiger partial charge in [-0.3, -0.25) is 5.10 Å². The van der Waals surface area contributed by atoms with E-state index in [0.29, 0.717) is 6.04 Å². The lowest BCUT2D eigenvalue weighted by Gasteiger charge is -2.24. The molecule has 1 unspecified atom stereocenters. The number of nitrogens with zero attached hydrogens (tertiary/aromatic N) is 3. The first-order chi connectivity index (χ1) is 14.8. The number of carboxylic acid groups (broad SMARTS) is 1. The number of H-pyrrole nitrogens is 1. The molecule has 0 bridgehead atoms. The summed E-state index contributed by atoms with van der Waals surface area (Å²) in [4.78, 5) is 8.90. The molecule has 0 spiro atoms. The van der Waals surface area contributed by atoms with Crippen LogP contribution in [0.15, 0.2) is 42.6 Å². The first kappa shape index (κ1) is 22.5. The van der Waals surface area contributed by atoms with Gasteiger partial charge in [-0.25, -0.2) is 9.48 Å². The number of carboxylic acids is 1. The SMILES string of the molecule is Cc1[nH]nc2c1C(NCCc1ccnn1-c1ccccc1)CCC2.O=C(O)C(F)(F)F. The van der Waals surface area contributed by atoms with Crippen molar-refractivity contribution >= 4 is 5.97 Å². The number of aromatic amines is 1. The van der Waals surface area contributed by atoms with Crippen LogP contribution in [-0.2, 0) is 17.6 Å². The van der Waals surface area contributed by atoms with Gasteiger partial charge in [0.15, 0.2) is 0 Å². The normalized spacial score (nSPS) is 15.7. The molecule has 0 aliphatic heterocycles. The highest BCUT2D eigenvalue weighted by Gasteiger charge is 2.38. The van der Waals surface area contributed by atoms with E-state index >= 15 is 0 Å². The van der Waals surface area contributed by atoms with Crippen LogP contribution in [-0.4, -0.2) is 43.8 Å². The molecule has 4 rings (SSSR count). The van der Waals surface area contributed by atoms with E-state index in [1.165, 1.54) is 35.5 Å². The summed E-state index contributed by atoms with van der Waals surface area (Å²) in [5.74, 6) is -2.76. The third-order valence-corrected chi connectivity index (χ3v) is 5.06. The van der Waals surface area contributed by atoms with E-state index in [4.69, 9.17) is 9.90 Å². The number of fused-ring (bicyclic) bond motifs is 1. The number of aromatic nitrogens is 4. The molecule has 1 aromatic carbocycles. The number of hydrogen-bond donors (Lipinski definition) is 3. The first-order valence-electron chi connectivity index (χ1n) is 9.93. The molecule has 3 N–H and O–H groups in total. The predicted molar refractivity (Wildman–Crippen MR) is 108 cm³/mol. The van der Waals surface area contributed by atoms with Crippen molar-refractivity contribution in [3.63, 3.8) is 0 Å². The average Bonchev–Trinajstić information content (AvgIpc) is 3.36. The Morgan fingerprint density at radius 2 is 2.00 bits per heavy atom. The summed E-state index contributed by atoms with van der Waals surface area (Å²) >= 11 is 0. The fraction of sp³-hybridized carbons (Fsp3) is 0.381. The minimum atomic E-state index is -5.08. The molecule has 1 atom stereocenters. The Balaban J connectivity index is 0.000000339. The van der Waals surface area contributed by atoms with Crippen LogP contribution in [0.3, 0.4) is 0 Å². The summed E-state index contributed by atoms with van der Waals surface area (Å²) in [6.45, 7) is 3.06. The van der Waals surface area contributed by atoms with Gasteiger partial charge in [0.25, 0.3) is 0 Å². The lowest BCUT2D eigenvalue weighted by molar-refractivity contribution is -0.192. The third-order valence-electron chi connectivity index (χ3n) is 5.06. The Morgan fingerprint density at radius 3 is 2.68 bits per heavy atom. The molecule has 0 fully saturated rings. The molecule has 2 heterocycles. The quantitative estimate of drug-likeness (QED) is 0.567. The summed E-state index contributed by atoms with van der Waals surface area (Å²) in [7, 11) is 0. The lowest BCUT2D eigenvalue weighted by atomic mass is 9.91. The highest BCUT2D eigenvalue weighted by Crippen LogP contribution is 2.30. The number of benzene rings is 1. The van der Waals surface area contributed by atoms with Crippen LogP contribution in [0.25, 0.3) is 5.69 Å². The van der Waals surface area contributed by atoms with Gasteiger partial charge in [-0.2, -0.15) is 23.4 Å². The molecule has 1 aliphatic rings. The van der Waals surface area contributed by atoms with E-state index in [2.05, 4.69) is 45.7 Å². The van der Waals surface area contributed by atoms with Gasteiger partial charge in [0.1, 0.15) is 0 Å². The molecule has 0 saturated heterocycles. The zero-order valence-electron chi connectivity index (χ0n) is 17.0. The van der Waals surface area contributed by atoms with Crippen molar-refractivity contribution in [1.82, 2.24) is 25.3 Å². The van der Waals surface area contributed by atoms with Crippen LogP contribution < -0.4 is 5.32 Å². The summed E-state index contributed by atoms with van der Waals surface area (Å²) in [6.07, 6.45) is 1.24. The maximum absolute atomic E-state index is 10.6. The number of para-hydroxylation sites is 1. The topological polar surface area (TPSA) is 95.8 Å². The highest BCUT2D eigenvalue weighted by atomic mass is 19.4. The van der Waals surface area contributed by atoms with Crippen LogP contribution in [0.4, 0.5) is 13.2 Å². The number of aliphatic carboxylic acids is 1. The molecular formula is C21H24F3N5O2. The molecule has 0 radical (unpaired) electrons. The molecule has 0 saturated carbocycles. The second-order valence-electron chi connectivity index (χ2n) is 7.23. The van der Waals surface area contributed by atoms with Crippen molar-refractivity contribution in [2.24, 2.45) is 0 Å². The number of aryl methyl sites for hydroxylation is 2. The van der Waals surface area contributed by atoms with Crippen molar-refractivity contribution in [2.45, 2.75) is 44.8 Å². The predicted octanol–water partition coefficient (Wildman–Crippen LogP) is 3.75. The summed E-state index contributed by atoms with van der Waals surface area (Å²) < 4.78 is 33.8. The number of halogens is 3. The second-order valence-corrected chi connectivity index (χ2v) is 7.23. The van der Waals surface area contributed by atoms with Gasteiger partial charge in [-0.05, 0) is 44.4 Å². The molecule has 1 aliphatic carbocycles. The largest absolute Gasteiger partial charge is 0.490 e. The van der Waals surface area contributed by atoms with Crippen LogP contribution in [0.2, 0.25) is 0 Å². The zero-order chi connectivity index (χ0) is 22.4. The van der Waals surface area contributed by atoms with Gasteiger partial charge in [-0.15, -0.1) is 0 Å². The third kappa shape index (κ3) is 5.72. The van der Waals surface area contributed by atoms with Crippen LogP contribution in [0.1, 0.15) is 41.5 Å². The second kappa shape index (κ2) is 9.78. The van der Waals surface area contributed by atoms with Crippen LogP contribution >= 0.6 is 0 Å². The van der Waals surface area contributed by atoms with Crippen LogP contribution in [0, 0.1) is 6.92 Å². The van der Waals surface area contributed by atoms with Crippen molar-refractivity contribution in [1.29, 1.82) is 0 Å². The van der Waals surface area contributed by atoms with Gasteiger partial charge < -0.3 is 10.4 Å². The fourth-order valence-electron chi connectivity index (χ4n) is 3.66. The molecular weight excluding hydrogens is 411 g/mol. The first-order valence-corrected chi connectivity index (χ1v) is 9.93. The summed E-state index contributed by atoms with van der Waals surface area (Å²) in [5, 5.41) is 22.9. The Morgan fingerprint density at radius 1 is 1.29 bits per heavy atom. The average molecular weight is 435 g/mol. The molecule has 0 amide bonds. The number of rotatable bonds is 5. The zero-order valence-corrected chi connectivity index (χ0v) is 17.0. The van der Waals surface area contributed by atoms with Gasteiger partial charge in [0.05, 0.1) is 11.4 Å². The Kier molecular flexibility index (Phi) is 7.11. The Bertz CT molecular complexity index is 998. The standard InChI is InChI=1S/C19H23N5.C2HF3O2/c1-14-19-17(8-5-9-18(19)23-22-14)20-12-10-16-11-13-21-24(16)15-6-3-2-4-7-15;3-2(4,5)1(6)7/h2-4,6-7,11,13,17,20H,5,8-10,12H2,1H3,(H,22,23);(H,6,7). The fourth-order valence-corrected chi connectivity index (χ4v) is 3.66. The van der Waals surface area contributed by atoms with Crippen molar-refractivity contribution in [2.75, 3.05) is 6.54 Å². The number of nitrogens with one attached hydrogen (secondary N) is 2. The molecule has 2 aromatic heterocycles. The Hall–Kier alpha value is -3.14. The van der Waals surface area contributed by atoms with E-state index in [9.17, 15) is 13.2 Å². The van der Waals surface area contributed by atoms with Crippen molar-refractivity contribution < 1.29 is 23.1 Å². The number of carbonyl (C=O) groups is 1. The van der Waals surface area contributed by atoms with E-state index in [1.807, 2.05) is 29.1 Å². The maximum atomic E-state index is 10.6. The molecule has 3 aromatic rings. The minimum Gasteiger partial charge on any atom is -0.475 e. The summed E-state index contributed by atoms with van der Waals surface area (Å²) in [5.41, 5.74) is 6.18. The van der Waals surface area contributed by atoms with Gasteiger partial charge >= 0.3 is 12.1 Å². The lowest BCUT2D eigenvalue weighted by Crippen LogP contribution is -2.27. The van der Waals surface area contributed by atoms with Gasteiger partial charge in [0, 0.05) is 42.2 Å². The van der Waals surface area contributed by atoms with Crippen LogP contribution in [0.5, 0.6) is 0 Å². The highest BCUT2D eigenvalue weighted by molar-refractivity contribution is 5.73. The van der Waals surface area contributed by atoms with E-state index in [0.717, 1.165) is 25.1 Å². The van der Waals surface area contributed by atoms with E-state index < -0.39 is 12.1 Å². The van der Waals surface area contributed by atoms with Crippen molar-refractivity contribution in [3.8, 4) is 5.69 Å². The minimum absolute atomic E-state index is 0.417. The Labute approximate surface area is 177 Å². The molecule has 10 heteroatoms. The molecule has 31 heavy (non-hydrogen) atoms. The molecule has 7 nitrogen and oxygen atoms in total. The number of alkyl halides is 3. The van der Waals surface area contributed by atoms with E-state index in [-0.39, 0.29) is 0 Å². The maximum Gasteiger partial charge on any atom is 0.490 e. The number of hydrogen-bond acceptors (Lipinski definition) is 4.